The molecule has 0 aliphatic carbocycles. The van der Waals surface area contributed by atoms with Gasteiger partial charge in [-0.3, -0.25) is 9.59 Å². The minimum atomic E-state index is -0.188. The molecule has 20 heavy (non-hydrogen) atoms. The molecule has 6 heteroatoms. The van der Waals surface area contributed by atoms with Crippen molar-refractivity contribution < 1.29 is 14.3 Å². The largest absolute Gasteiger partial charge is 0.495 e. The molecule has 6 nitrogen and oxygen atoms in total. The van der Waals surface area contributed by atoms with Gasteiger partial charge in [-0.2, -0.15) is 0 Å². The van der Waals surface area contributed by atoms with Crippen molar-refractivity contribution in [3.8, 4) is 5.75 Å². The van der Waals surface area contributed by atoms with Gasteiger partial charge in [0.25, 0.3) is 5.91 Å². The van der Waals surface area contributed by atoms with Crippen molar-refractivity contribution in [1.82, 2.24) is 10.2 Å². The van der Waals surface area contributed by atoms with Crippen molar-refractivity contribution in [2.24, 2.45) is 0 Å². The summed E-state index contributed by atoms with van der Waals surface area (Å²) in [4.78, 5) is 25.2. The Hall–Kier alpha value is -2.24. The molecule has 1 heterocycles. The Kier molecular flexibility index (Phi) is 4.12. The van der Waals surface area contributed by atoms with E-state index in [-0.39, 0.29) is 17.9 Å². The predicted octanol–water partition coefficient (Wildman–Crippen LogP) is 0.628. The fourth-order valence-corrected chi connectivity index (χ4v) is 2.27. The van der Waals surface area contributed by atoms with Gasteiger partial charge in [0.1, 0.15) is 5.75 Å². The van der Waals surface area contributed by atoms with E-state index in [9.17, 15) is 9.59 Å². The SMILES string of the molecule is COc1ccc(C(=O)NC2CCC(=O)N(C)C2)cc1N. The molecule has 1 aliphatic rings. The highest BCUT2D eigenvalue weighted by Crippen LogP contribution is 2.22. The summed E-state index contributed by atoms with van der Waals surface area (Å²) in [7, 11) is 3.27. The first-order valence-corrected chi connectivity index (χ1v) is 6.49. The summed E-state index contributed by atoms with van der Waals surface area (Å²) in [6.45, 7) is 0.538. The van der Waals surface area contributed by atoms with Crippen LogP contribution >= 0.6 is 0 Å². The zero-order valence-electron chi connectivity index (χ0n) is 11.7. The van der Waals surface area contributed by atoms with Crippen molar-refractivity contribution in [2.75, 3.05) is 26.4 Å². The van der Waals surface area contributed by atoms with E-state index in [0.29, 0.717) is 36.4 Å². The van der Waals surface area contributed by atoms with Crippen LogP contribution in [0, 0.1) is 0 Å². The fourth-order valence-electron chi connectivity index (χ4n) is 2.27. The van der Waals surface area contributed by atoms with Gasteiger partial charge in [-0.05, 0) is 24.6 Å². The monoisotopic (exact) mass is 277 g/mol. The average Bonchev–Trinajstić information content (AvgIpc) is 2.42. The Labute approximate surface area is 117 Å². The number of hydrogen-bond donors (Lipinski definition) is 2. The molecule has 3 N–H and O–H groups in total. The van der Waals surface area contributed by atoms with Crippen LogP contribution in [-0.2, 0) is 4.79 Å². The minimum Gasteiger partial charge on any atom is -0.495 e. The number of nitrogens with zero attached hydrogens (tertiary/aromatic N) is 1. The smallest absolute Gasteiger partial charge is 0.251 e. The lowest BCUT2D eigenvalue weighted by molar-refractivity contribution is -0.132. The maximum absolute atomic E-state index is 12.1. The highest BCUT2D eigenvalue weighted by atomic mass is 16.5. The topological polar surface area (TPSA) is 84.7 Å². The molecule has 0 bridgehead atoms. The van der Waals surface area contributed by atoms with Crippen LogP contribution in [0.25, 0.3) is 0 Å². The first kappa shape index (κ1) is 14.2. The maximum Gasteiger partial charge on any atom is 0.251 e. The van der Waals surface area contributed by atoms with Crippen LogP contribution in [0.4, 0.5) is 5.69 Å². The molecule has 1 aliphatic heterocycles. The quantitative estimate of drug-likeness (QED) is 0.794. The van der Waals surface area contributed by atoms with Gasteiger partial charge >= 0.3 is 0 Å². The molecule has 1 saturated heterocycles. The molecule has 0 radical (unpaired) electrons. The molecule has 1 aromatic carbocycles. The fraction of sp³-hybridized carbons (Fsp3) is 0.429. The number of rotatable bonds is 3. The first-order chi connectivity index (χ1) is 9.51. The van der Waals surface area contributed by atoms with E-state index in [2.05, 4.69) is 5.32 Å². The van der Waals surface area contributed by atoms with Crippen LogP contribution in [0.5, 0.6) is 5.75 Å². The van der Waals surface area contributed by atoms with E-state index in [0.717, 1.165) is 0 Å². The number of carbonyl (C=O) groups excluding carboxylic acids is 2. The van der Waals surface area contributed by atoms with E-state index in [1.165, 1.54) is 7.11 Å². The number of carbonyl (C=O) groups is 2. The first-order valence-electron chi connectivity index (χ1n) is 6.49. The van der Waals surface area contributed by atoms with Crippen molar-refractivity contribution >= 4 is 17.5 Å². The summed E-state index contributed by atoms with van der Waals surface area (Å²) in [5, 5.41) is 2.92. The third-order valence-corrected chi connectivity index (χ3v) is 3.45. The number of ether oxygens (including phenoxy) is 1. The van der Waals surface area contributed by atoms with Gasteiger partial charge in [-0.1, -0.05) is 0 Å². The normalized spacial score (nSPS) is 18.8. The number of amides is 2. The number of methoxy groups -OCH3 is 1. The molecule has 2 amide bonds. The van der Waals surface area contributed by atoms with Crippen molar-refractivity contribution in [2.45, 2.75) is 18.9 Å². The third kappa shape index (κ3) is 3.01. The lowest BCUT2D eigenvalue weighted by Gasteiger charge is -2.30. The van der Waals surface area contributed by atoms with Crippen LogP contribution in [0.2, 0.25) is 0 Å². The Morgan fingerprint density at radius 1 is 1.50 bits per heavy atom. The molecular weight excluding hydrogens is 258 g/mol. The summed E-state index contributed by atoms with van der Waals surface area (Å²) in [6.07, 6.45) is 1.13. The van der Waals surface area contributed by atoms with Crippen LogP contribution in [0.3, 0.4) is 0 Å². The standard InChI is InChI=1S/C14H19N3O3/c1-17-8-10(4-6-13(17)18)16-14(19)9-3-5-12(20-2)11(15)7-9/h3,5,7,10H,4,6,8,15H2,1-2H3,(H,16,19). The Bertz CT molecular complexity index is 530. The second-order valence-electron chi connectivity index (χ2n) is 4.94. The molecular formula is C14H19N3O3. The second-order valence-corrected chi connectivity index (χ2v) is 4.94. The van der Waals surface area contributed by atoms with E-state index < -0.39 is 0 Å². The van der Waals surface area contributed by atoms with Crippen molar-refractivity contribution in [3.05, 3.63) is 23.8 Å². The molecule has 1 unspecified atom stereocenters. The number of nitrogens with one attached hydrogen (secondary N) is 1. The van der Waals surface area contributed by atoms with Crippen LogP contribution in [0.15, 0.2) is 18.2 Å². The molecule has 1 aromatic rings. The van der Waals surface area contributed by atoms with Gasteiger partial charge in [0, 0.05) is 31.6 Å². The highest BCUT2D eigenvalue weighted by Gasteiger charge is 2.24. The number of likely N-dealkylation sites (N-methyl/N-ethyl adjacent to an activating group) is 1. The molecule has 1 atom stereocenters. The number of hydrogen-bond acceptors (Lipinski definition) is 4. The number of piperidine rings is 1. The summed E-state index contributed by atoms with van der Waals surface area (Å²) >= 11 is 0. The van der Waals surface area contributed by atoms with Gasteiger partial charge in [-0.15, -0.1) is 0 Å². The molecule has 0 saturated carbocycles. The molecule has 2 rings (SSSR count). The molecule has 0 spiro atoms. The van der Waals surface area contributed by atoms with Crippen molar-refractivity contribution in [3.63, 3.8) is 0 Å². The zero-order valence-corrected chi connectivity index (χ0v) is 11.7. The number of nitrogen functional groups attached to an aromatic ring is 1. The van der Waals surface area contributed by atoms with Gasteiger partial charge in [0.2, 0.25) is 5.91 Å². The highest BCUT2D eigenvalue weighted by molar-refractivity contribution is 5.95. The minimum absolute atomic E-state index is 0.0199. The van der Waals surface area contributed by atoms with E-state index >= 15 is 0 Å². The Morgan fingerprint density at radius 3 is 2.85 bits per heavy atom. The summed E-state index contributed by atoms with van der Waals surface area (Å²) in [5.41, 5.74) is 6.70. The molecule has 108 valence electrons. The third-order valence-electron chi connectivity index (χ3n) is 3.45. The molecule has 0 aromatic heterocycles. The van der Waals surface area contributed by atoms with Crippen LogP contribution < -0.4 is 15.8 Å². The summed E-state index contributed by atoms with van der Waals surface area (Å²) in [5.74, 6) is 0.473. The average molecular weight is 277 g/mol. The van der Waals surface area contributed by atoms with Gasteiger partial charge < -0.3 is 20.7 Å². The number of nitrogens with two attached hydrogens (primary N) is 1. The predicted molar refractivity (Wildman–Crippen MR) is 75.5 cm³/mol. The Morgan fingerprint density at radius 2 is 2.25 bits per heavy atom. The lowest BCUT2D eigenvalue weighted by atomic mass is 10.0. The number of benzene rings is 1. The summed E-state index contributed by atoms with van der Waals surface area (Å²) in [6, 6.07) is 4.91. The van der Waals surface area contributed by atoms with Gasteiger partial charge in [-0.25, -0.2) is 0 Å². The van der Waals surface area contributed by atoms with Crippen LogP contribution in [-0.4, -0.2) is 43.5 Å². The Balaban J connectivity index is 2.01. The number of anilines is 1. The maximum atomic E-state index is 12.1. The summed E-state index contributed by atoms with van der Waals surface area (Å²) < 4.78 is 5.05. The van der Waals surface area contributed by atoms with Crippen LogP contribution in [0.1, 0.15) is 23.2 Å². The van der Waals surface area contributed by atoms with E-state index in [4.69, 9.17) is 10.5 Å². The lowest BCUT2D eigenvalue weighted by Crippen LogP contribution is -2.48. The second kappa shape index (κ2) is 5.81. The number of likely N-dealkylation sites (tertiary alicyclic amines) is 1. The van der Waals surface area contributed by atoms with Gasteiger partial charge in [0.15, 0.2) is 0 Å². The van der Waals surface area contributed by atoms with Crippen molar-refractivity contribution in [1.29, 1.82) is 0 Å². The van der Waals surface area contributed by atoms with E-state index in [1.54, 1.807) is 30.1 Å². The van der Waals surface area contributed by atoms with Gasteiger partial charge in [0.05, 0.1) is 12.8 Å². The molecule has 1 fully saturated rings. The van der Waals surface area contributed by atoms with E-state index in [1.807, 2.05) is 0 Å². The zero-order chi connectivity index (χ0) is 14.7.